The Morgan fingerprint density at radius 3 is 2.52 bits per heavy atom. The molecule has 0 unspecified atom stereocenters. The highest BCUT2D eigenvalue weighted by molar-refractivity contribution is 6.30. The summed E-state index contributed by atoms with van der Waals surface area (Å²) in [6.07, 6.45) is 1.68. The van der Waals surface area contributed by atoms with Crippen molar-refractivity contribution in [2.24, 2.45) is 5.10 Å². The lowest BCUT2D eigenvalue weighted by molar-refractivity contribution is -0.384. The number of rotatable bonds is 5. The first kappa shape index (κ1) is 17.4. The molecule has 130 valence electrons. The van der Waals surface area contributed by atoms with Crippen LogP contribution in [0.5, 0.6) is 0 Å². The fraction of sp³-hybridized carbons (Fsp3) is 0.278. The maximum absolute atomic E-state index is 10.8. The zero-order valence-corrected chi connectivity index (χ0v) is 14.5. The van der Waals surface area contributed by atoms with Crippen molar-refractivity contribution < 1.29 is 4.92 Å². The maximum atomic E-state index is 10.8. The molecule has 0 atom stereocenters. The highest BCUT2D eigenvalue weighted by Crippen LogP contribution is 2.14. The van der Waals surface area contributed by atoms with Crippen LogP contribution in [0.2, 0.25) is 5.02 Å². The second-order valence-electron chi connectivity index (χ2n) is 5.95. The number of halogens is 1. The van der Waals surface area contributed by atoms with Gasteiger partial charge < -0.3 is 0 Å². The van der Waals surface area contributed by atoms with Crippen molar-refractivity contribution in [3.8, 4) is 0 Å². The summed E-state index contributed by atoms with van der Waals surface area (Å²) < 4.78 is 0. The number of non-ortho nitro benzene ring substituents is 1. The molecule has 2 aromatic carbocycles. The normalized spacial score (nSPS) is 15.6. The molecule has 0 amide bonds. The van der Waals surface area contributed by atoms with E-state index in [2.05, 4.69) is 22.1 Å². The highest BCUT2D eigenvalue weighted by atomic mass is 35.5. The Morgan fingerprint density at radius 2 is 1.84 bits per heavy atom. The van der Waals surface area contributed by atoms with Gasteiger partial charge in [-0.25, -0.2) is 0 Å². The minimum Gasteiger partial charge on any atom is -0.295 e. The van der Waals surface area contributed by atoms with E-state index in [1.807, 2.05) is 23.2 Å². The second kappa shape index (κ2) is 8.09. The summed E-state index contributed by atoms with van der Waals surface area (Å²) in [4.78, 5) is 12.8. The van der Waals surface area contributed by atoms with E-state index < -0.39 is 4.92 Å². The number of hydrogen-bond acceptors (Lipinski definition) is 5. The van der Waals surface area contributed by atoms with Crippen LogP contribution in [0.25, 0.3) is 0 Å². The van der Waals surface area contributed by atoms with E-state index in [1.165, 1.54) is 17.7 Å². The smallest absolute Gasteiger partial charge is 0.270 e. The first-order valence-electron chi connectivity index (χ1n) is 8.10. The molecule has 25 heavy (non-hydrogen) atoms. The molecule has 1 aliphatic rings. The quantitative estimate of drug-likeness (QED) is 0.467. The monoisotopic (exact) mass is 358 g/mol. The Bertz CT molecular complexity index is 756. The minimum absolute atomic E-state index is 0.0803. The van der Waals surface area contributed by atoms with E-state index in [9.17, 15) is 10.1 Å². The minimum atomic E-state index is -0.396. The number of hydrazone groups is 1. The van der Waals surface area contributed by atoms with Gasteiger partial charge in [0, 0.05) is 55.4 Å². The van der Waals surface area contributed by atoms with Gasteiger partial charge in [-0.1, -0.05) is 35.9 Å². The summed E-state index contributed by atoms with van der Waals surface area (Å²) in [5.74, 6) is 0. The number of piperazine rings is 1. The fourth-order valence-electron chi connectivity index (χ4n) is 2.73. The van der Waals surface area contributed by atoms with Gasteiger partial charge in [-0.15, -0.1) is 0 Å². The number of nitro groups is 1. The number of nitrogens with zero attached hydrogens (tertiary/aromatic N) is 4. The summed E-state index contributed by atoms with van der Waals surface area (Å²) >= 11 is 5.91. The van der Waals surface area contributed by atoms with Crippen molar-refractivity contribution in [3.63, 3.8) is 0 Å². The third-order valence-corrected chi connectivity index (χ3v) is 4.37. The first-order chi connectivity index (χ1) is 12.1. The van der Waals surface area contributed by atoms with Crippen molar-refractivity contribution in [2.45, 2.75) is 6.54 Å². The summed E-state index contributed by atoms with van der Waals surface area (Å²) in [6, 6.07) is 14.4. The summed E-state index contributed by atoms with van der Waals surface area (Å²) in [7, 11) is 0. The fourth-order valence-corrected chi connectivity index (χ4v) is 2.85. The Hall–Kier alpha value is -2.44. The van der Waals surface area contributed by atoms with Crippen molar-refractivity contribution in [1.29, 1.82) is 0 Å². The number of nitro benzene ring substituents is 1. The number of hydrogen-bond donors (Lipinski definition) is 0. The van der Waals surface area contributed by atoms with Gasteiger partial charge in [0.15, 0.2) is 0 Å². The molecule has 1 heterocycles. The van der Waals surface area contributed by atoms with Crippen LogP contribution in [0, 0.1) is 10.1 Å². The van der Waals surface area contributed by atoms with E-state index in [-0.39, 0.29) is 5.69 Å². The lowest BCUT2D eigenvalue weighted by atomic mass is 10.2. The van der Waals surface area contributed by atoms with Gasteiger partial charge in [-0.05, 0) is 17.7 Å². The zero-order chi connectivity index (χ0) is 17.6. The summed E-state index contributed by atoms with van der Waals surface area (Å²) in [5, 5.41) is 18.0. The van der Waals surface area contributed by atoms with Crippen LogP contribution < -0.4 is 0 Å². The SMILES string of the molecule is O=[N+]([O-])c1cccc(C=NN2CCN(Cc3ccc(Cl)cc3)CC2)c1. The molecule has 2 aromatic rings. The lowest BCUT2D eigenvalue weighted by Crippen LogP contribution is -2.43. The molecule has 1 aliphatic heterocycles. The highest BCUT2D eigenvalue weighted by Gasteiger charge is 2.15. The average molecular weight is 359 g/mol. The zero-order valence-electron chi connectivity index (χ0n) is 13.7. The Balaban J connectivity index is 1.51. The van der Waals surface area contributed by atoms with Gasteiger partial charge in [-0.3, -0.25) is 20.0 Å². The van der Waals surface area contributed by atoms with Crippen LogP contribution in [0.4, 0.5) is 5.69 Å². The van der Waals surface area contributed by atoms with Crippen LogP contribution in [-0.2, 0) is 6.54 Å². The number of benzene rings is 2. The van der Waals surface area contributed by atoms with Gasteiger partial charge in [0.25, 0.3) is 5.69 Å². The molecule has 1 fully saturated rings. The Morgan fingerprint density at radius 1 is 1.12 bits per heavy atom. The van der Waals surface area contributed by atoms with E-state index in [0.29, 0.717) is 0 Å². The van der Waals surface area contributed by atoms with Crippen LogP contribution in [0.15, 0.2) is 53.6 Å². The third kappa shape index (κ3) is 5.01. The van der Waals surface area contributed by atoms with E-state index in [4.69, 9.17) is 11.6 Å². The Labute approximate surface area is 151 Å². The molecule has 1 saturated heterocycles. The topological polar surface area (TPSA) is 62.0 Å². The lowest BCUT2D eigenvalue weighted by Gasteiger charge is -2.33. The maximum Gasteiger partial charge on any atom is 0.270 e. The molecular formula is C18H19ClN4O2. The van der Waals surface area contributed by atoms with E-state index in [1.54, 1.807) is 12.3 Å². The molecule has 0 aliphatic carbocycles. The molecule has 0 spiro atoms. The molecule has 0 radical (unpaired) electrons. The van der Waals surface area contributed by atoms with Crippen molar-refractivity contribution in [3.05, 3.63) is 74.8 Å². The van der Waals surface area contributed by atoms with Gasteiger partial charge in [-0.2, -0.15) is 5.10 Å². The van der Waals surface area contributed by atoms with Crippen molar-refractivity contribution in [2.75, 3.05) is 26.2 Å². The largest absolute Gasteiger partial charge is 0.295 e. The second-order valence-corrected chi connectivity index (χ2v) is 6.39. The Kier molecular flexibility index (Phi) is 5.63. The van der Waals surface area contributed by atoms with Gasteiger partial charge in [0.05, 0.1) is 11.1 Å². The van der Waals surface area contributed by atoms with Crippen LogP contribution in [0.3, 0.4) is 0 Å². The molecule has 0 bridgehead atoms. The van der Waals surface area contributed by atoms with Crippen LogP contribution >= 0.6 is 11.6 Å². The average Bonchev–Trinajstić information content (AvgIpc) is 2.63. The van der Waals surface area contributed by atoms with E-state index >= 15 is 0 Å². The van der Waals surface area contributed by atoms with Gasteiger partial charge in [0.1, 0.15) is 0 Å². The summed E-state index contributed by atoms with van der Waals surface area (Å²) in [6.45, 7) is 4.42. The molecular weight excluding hydrogens is 340 g/mol. The molecule has 3 rings (SSSR count). The molecule has 6 nitrogen and oxygen atoms in total. The van der Waals surface area contributed by atoms with Crippen molar-refractivity contribution >= 4 is 23.5 Å². The molecule has 0 N–H and O–H groups in total. The standard InChI is InChI=1S/C18H19ClN4O2/c19-17-6-4-15(5-7-17)14-21-8-10-22(11-9-21)20-13-16-2-1-3-18(12-16)23(24)25/h1-7,12-13H,8-11,14H2. The van der Waals surface area contributed by atoms with Gasteiger partial charge in [0.2, 0.25) is 0 Å². The predicted octanol–water partition coefficient (Wildman–Crippen LogP) is 3.40. The third-order valence-electron chi connectivity index (χ3n) is 4.12. The predicted molar refractivity (Wildman–Crippen MR) is 99.0 cm³/mol. The van der Waals surface area contributed by atoms with Crippen LogP contribution in [0.1, 0.15) is 11.1 Å². The first-order valence-corrected chi connectivity index (χ1v) is 8.48. The van der Waals surface area contributed by atoms with E-state index in [0.717, 1.165) is 43.3 Å². The molecule has 0 aromatic heterocycles. The molecule has 7 heteroatoms. The van der Waals surface area contributed by atoms with Crippen LogP contribution in [-0.4, -0.2) is 47.2 Å². The van der Waals surface area contributed by atoms with Gasteiger partial charge >= 0.3 is 0 Å². The van der Waals surface area contributed by atoms with Crippen molar-refractivity contribution in [1.82, 2.24) is 9.91 Å². The summed E-state index contributed by atoms with van der Waals surface area (Å²) in [5.41, 5.74) is 2.06. The molecule has 0 saturated carbocycles.